The zero-order valence-electron chi connectivity index (χ0n) is 12.9. The maximum absolute atomic E-state index is 9.97. The average molecular weight is 280 g/mol. The number of hydrogen-bond acceptors (Lipinski definition) is 2. The van der Waals surface area contributed by atoms with E-state index in [2.05, 4.69) is 43.5 Å². The summed E-state index contributed by atoms with van der Waals surface area (Å²) >= 11 is 0. The van der Waals surface area contributed by atoms with Gasteiger partial charge in [0.15, 0.2) is 0 Å². The summed E-state index contributed by atoms with van der Waals surface area (Å²) in [7, 11) is 0. The van der Waals surface area contributed by atoms with E-state index in [0.717, 1.165) is 28.0 Å². The molecule has 0 bridgehead atoms. The maximum atomic E-state index is 9.97. The van der Waals surface area contributed by atoms with Crippen molar-refractivity contribution < 1.29 is 5.11 Å². The SMILES string of the molecule is Cc1ccc2c(c1)nc(-c1ccc(C)c(O)c1)n2C(C)C. The third-order valence-corrected chi connectivity index (χ3v) is 3.83. The van der Waals surface area contributed by atoms with Crippen molar-refractivity contribution in [2.45, 2.75) is 33.7 Å². The van der Waals surface area contributed by atoms with E-state index < -0.39 is 0 Å². The summed E-state index contributed by atoms with van der Waals surface area (Å²) in [6.45, 7) is 8.27. The molecular weight excluding hydrogens is 260 g/mol. The molecule has 21 heavy (non-hydrogen) atoms. The Bertz CT molecular complexity index is 815. The van der Waals surface area contributed by atoms with Crippen LogP contribution >= 0.6 is 0 Å². The molecule has 1 heterocycles. The maximum Gasteiger partial charge on any atom is 0.141 e. The highest BCUT2D eigenvalue weighted by Crippen LogP contribution is 2.31. The lowest BCUT2D eigenvalue weighted by Crippen LogP contribution is -2.03. The van der Waals surface area contributed by atoms with Crippen LogP contribution in [0, 0.1) is 13.8 Å². The van der Waals surface area contributed by atoms with Crippen molar-refractivity contribution in [2.24, 2.45) is 0 Å². The molecule has 0 atom stereocenters. The normalized spacial score (nSPS) is 11.5. The fourth-order valence-electron chi connectivity index (χ4n) is 2.68. The molecule has 3 heteroatoms. The van der Waals surface area contributed by atoms with E-state index in [-0.39, 0.29) is 0 Å². The number of aryl methyl sites for hydroxylation is 2. The molecule has 0 saturated carbocycles. The molecular formula is C18H20N2O. The summed E-state index contributed by atoms with van der Waals surface area (Å²) in [4.78, 5) is 4.79. The number of phenols is 1. The molecule has 0 aliphatic carbocycles. The second kappa shape index (κ2) is 4.92. The zero-order chi connectivity index (χ0) is 15.1. The lowest BCUT2D eigenvalue weighted by atomic mass is 10.1. The predicted octanol–water partition coefficient (Wildman–Crippen LogP) is 4.61. The molecule has 0 fully saturated rings. The van der Waals surface area contributed by atoms with Crippen LogP contribution in [-0.2, 0) is 0 Å². The summed E-state index contributed by atoms with van der Waals surface area (Å²) in [5, 5.41) is 9.97. The molecule has 3 aromatic rings. The summed E-state index contributed by atoms with van der Waals surface area (Å²) < 4.78 is 2.22. The van der Waals surface area contributed by atoms with Gasteiger partial charge in [0.05, 0.1) is 11.0 Å². The molecule has 0 radical (unpaired) electrons. The fourth-order valence-corrected chi connectivity index (χ4v) is 2.68. The number of nitrogens with zero attached hydrogens (tertiary/aromatic N) is 2. The Hall–Kier alpha value is -2.29. The molecule has 0 aliphatic heterocycles. The standard InChI is InChI=1S/C18H20N2O/c1-11(2)20-16-8-5-12(3)9-15(16)19-18(20)14-7-6-13(4)17(21)10-14/h5-11,21H,1-4H3. The Kier molecular flexibility index (Phi) is 3.20. The van der Waals surface area contributed by atoms with Crippen LogP contribution in [0.5, 0.6) is 5.75 Å². The molecule has 0 spiro atoms. The van der Waals surface area contributed by atoms with Crippen molar-refractivity contribution in [3.63, 3.8) is 0 Å². The van der Waals surface area contributed by atoms with Gasteiger partial charge in [-0.15, -0.1) is 0 Å². The van der Waals surface area contributed by atoms with E-state index in [1.165, 1.54) is 5.56 Å². The van der Waals surface area contributed by atoms with Gasteiger partial charge in [-0.25, -0.2) is 4.98 Å². The van der Waals surface area contributed by atoms with Gasteiger partial charge in [-0.2, -0.15) is 0 Å². The predicted molar refractivity (Wildman–Crippen MR) is 86.7 cm³/mol. The average Bonchev–Trinajstić information content (AvgIpc) is 2.80. The van der Waals surface area contributed by atoms with Crippen LogP contribution in [0.1, 0.15) is 31.0 Å². The van der Waals surface area contributed by atoms with Crippen LogP contribution in [0.3, 0.4) is 0 Å². The Labute approximate surface area is 124 Å². The number of imidazole rings is 1. The first-order valence-electron chi connectivity index (χ1n) is 7.26. The first kappa shape index (κ1) is 13.7. The quantitative estimate of drug-likeness (QED) is 0.744. The number of phenolic OH excluding ortho intramolecular Hbond substituents is 1. The molecule has 3 rings (SSSR count). The van der Waals surface area contributed by atoms with Gasteiger partial charge < -0.3 is 9.67 Å². The molecule has 2 aromatic carbocycles. The summed E-state index contributed by atoms with van der Waals surface area (Å²) in [5.74, 6) is 1.21. The first-order valence-corrected chi connectivity index (χ1v) is 7.26. The molecule has 108 valence electrons. The van der Waals surface area contributed by atoms with Crippen molar-refractivity contribution in [1.82, 2.24) is 9.55 Å². The Balaban J connectivity index is 2.30. The topological polar surface area (TPSA) is 38.1 Å². The van der Waals surface area contributed by atoms with Crippen LogP contribution < -0.4 is 0 Å². The molecule has 0 unspecified atom stereocenters. The summed E-state index contributed by atoms with van der Waals surface area (Å²) in [6, 6.07) is 12.4. The van der Waals surface area contributed by atoms with Gasteiger partial charge in [0, 0.05) is 11.6 Å². The Morgan fingerprint density at radius 1 is 1.05 bits per heavy atom. The highest BCUT2D eigenvalue weighted by Gasteiger charge is 2.15. The fraction of sp³-hybridized carbons (Fsp3) is 0.278. The molecule has 0 aliphatic rings. The van der Waals surface area contributed by atoms with E-state index >= 15 is 0 Å². The van der Waals surface area contributed by atoms with Crippen molar-refractivity contribution in [3.05, 3.63) is 47.5 Å². The Morgan fingerprint density at radius 2 is 1.81 bits per heavy atom. The van der Waals surface area contributed by atoms with Gasteiger partial charge in [-0.3, -0.25) is 0 Å². The summed E-state index contributed by atoms with van der Waals surface area (Å²) in [5.41, 5.74) is 5.15. The van der Waals surface area contributed by atoms with Crippen LogP contribution in [0.15, 0.2) is 36.4 Å². The van der Waals surface area contributed by atoms with Crippen LogP contribution in [0.25, 0.3) is 22.4 Å². The molecule has 1 N–H and O–H groups in total. The van der Waals surface area contributed by atoms with Crippen LogP contribution in [-0.4, -0.2) is 14.7 Å². The highest BCUT2D eigenvalue weighted by molar-refractivity contribution is 5.81. The monoisotopic (exact) mass is 280 g/mol. The van der Waals surface area contributed by atoms with E-state index in [0.29, 0.717) is 11.8 Å². The second-order valence-electron chi connectivity index (χ2n) is 5.89. The molecule has 1 aromatic heterocycles. The zero-order valence-corrected chi connectivity index (χ0v) is 12.9. The van der Waals surface area contributed by atoms with Crippen molar-refractivity contribution in [3.8, 4) is 17.1 Å². The van der Waals surface area contributed by atoms with Gasteiger partial charge in [0.2, 0.25) is 0 Å². The molecule has 0 amide bonds. The third kappa shape index (κ3) is 2.29. The first-order chi connectivity index (χ1) is 9.97. The smallest absolute Gasteiger partial charge is 0.141 e. The van der Waals surface area contributed by atoms with Gasteiger partial charge in [-0.1, -0.05) is 18.2 Å². The third-order valence-electron chi connectivity index (χ3n) is 3.83. The van der Waals surface area contributed by atoms with Crippen LogP contribution in [0.4, 0.5) is 0 Å². The number of rotatable bonds is 2. The minimum absolute atomic E-state index is 0.302. The second-order valence-corrected chi connectivity index (χ2v) is 5.89. The van der Waals surface area contributed by atoms with Gasteiger partial charge in [0.25, 0.3) is 0 Å². The number of aromatic nitrogens is 2. The van der Waals surface area contributed by atoms with Gasteiger partial charge >= 0.3 is 0 Å². The van der Waals surface area contributed by atoms with Crippen molar-refractivity contribution in [1.29, 1.82) is 0 Å². The van der Waals surface area contributed by atoms with E-state index in [1.807, 2.05) is 19.1 Å². The number of hydrogen-bond donors (Lipinski definition) is 1. The molecule has 3 nitrogen and oxygen atoms in total. The van der Waals surface area contributed by atoms with E-state index in [9.17, 15) is 5.11 Å². The van der Waals surface area contributed by atoms with E-state index in [1.54, 1.807) is 6.07 Å². The minimum atomic E-state index is 0.302. The van der Waals surface area contributed by atoms with Crippen LogP contribution in [0.2, 0.25) is 0 Å². The van der Waals surface area contributed by atoms with E-state index in [4.69, 9.17) is 4.98 Å². The number of benzene rings is 2. The number of aromatic hydroxyl groups is 1. The molecule has 0 saturated heterocycles. The van der Waals surface area contributed by atoms with Gasteiger partial charge in [-0.05, 0) is 57.0 Å². The Morgan fingerprint density at radius 3 is 2.48 bits per heavy atom. The van der Waals surface area contributed by atoms with Crippen molar-refractivity contribution in [2.75, 3.05) is 0 Å². The largest absolute Gasteiger partial charge is 0.508 e. The lowest BCUT2D eigenvalue weighted by molar-refractivity contribution is 0.471. The number of fused-ring (bicyclic) bond motifs is 1. The summed E-state index contributed by atoms with van der Waals surface area (Å²) in [6.07, 6.45) is 0. The highest BCUT2D eigenvalue weighted by atomic mass is 16.3. The lowest BCUT2D eigenvalue weighted by Gasteiger charge is -2.13. The minimum Gasteiger partial charge on any atom is -0.508 e. The van der Waals surface area contributed by atoms with Crippen molar-refractivity contribution >= 4 is 11.0 Å². The van der Waals surface area contributed by atoms with Gasteiger partial charge in [0.1, 0.15) is 11.6 Å².